The molecule has 0 aliphatic rings. The normalized spacial score (nSPS) is 10.3. The first-order valence-electron chi connectivity index (χ1n) is 4.77. The first kappa shape index (κ1) is 10.8. The lowest BCUT2D eigenvalue weighted by Crippen LogP contribution is -2.00. The predicted octanol–water partition coefficient (Wildman–Crippen LogP) is 2.10. The molecule has 0 atom stereocenters. The molecule has 5 heteroatoms. The van der Waals surface area contributed by atoms with Gasteiger partial charge in [-0.1, -0.05) is 29.5 Å². The van der Waals surface area contributed by atoms with E-state index in [1.807, 2.05) is 25.1 Å². The van der Waals surface area contributed by atoms with E-state index in [1.54, 1.807) is 6.20 Å². The van der Waals surface area contributed by atoms with Crippen molar-refractivity contribution in [2.75, 3.05) is 11.5 Å². The average Bonchev–Trinajstić information content (AvgIpc) is 2.22. The van der Waals surface area contributed by atoms with Gasteiger partial charge in [0.25, 0.3) is 0 Å². The van der Waals surface area contributed by atoms with Crippen LogP contribution in [-0.2, 0) is 0 Å². The Bertz CT molecular complexity index is 513. The summed E-state index contributed by atoms with van der Waals surface area (Å²) < 4.78 is 0. The summed E-state index contributed by atoms with van der Waals surface area (Å²) in [5.74, 6) is 0.616. The molecule has 0 amide bonds. The number of benzene rings is 1. The highest BCUT2D eigenvalue weighted by molar-refractivity contribution is 7.99. The van der Waals surface area contributed by atoms with Gasteiger partial charge in [0.05, 0.1) is 4.90 Å². The van der Waals surface area contributed by atoms with E-state index < -0.39 is 0 Å². The summed E-state index contributed by atoms with van der Waals surface area (Å²) in [6.45, 7) is 2.05. The number of aryl methyl sites for hydroxylation is 1. The highest BCUT2D eigenvalue weighted by Crippen LogP contribution is 2.30. The molecule has 82 valence electrons. The largest absolute Gasteiger partial charge is 0.383 e. The van der Waals surface area contributed by atoms with Gasteiger partial charge in [0.2, 0.25) is 5.95 Å². The summed E-state index contributed by atoms with van der Waals surface area (Å²) in [5, 5.41) is 0. The zero-order valence-electron chi connectivity index (χ0n) is 8.84. The van der Waals surface area contributed by atoms with E-state index in [-0.39, 0.29) is 5.95 Å². The molecule has 4 nitrogen and oxygen atoms in total. The second-order valence-corrected chi connectivity index (χ2v) is 4.51. The predicted molar refractivity (Wildman–Crippen MR) is 66.2 cm³/mol. The summed E-state index contributed by atoms with van der Waals surface area (Å²) >= 11 is 1.53. The molecule has 0 radical (unpaired) electrons. The van der Waals surface area contributed by atoms with Crippen LogP contribution in [0.5, 0.6) is 0 Å². The van der Waals surface area contributed by atoms with Crippen molar-refractivity contribution in [1.82, 2.24) is 9.97 Å². The standard InChI is InChI=1S/C11H12N4S/c1-7-3-2-4-8(5-7)16-9-6-14-11(13)15-10(9)12/h2-6H,1H3,(H4,12,13,14,15). The summed E-state index contributed by atoms with van der Waals surface area (Å²) in [6.07, 6.45) is 1.64. The van der Waals surface area contributed by atoms with E-state index in [2.05, 4.69) is 16.0 Å². The van der Waals surface area contributed by atoms with Crippen molar-refractivity contribution >= 4 is 23.5 Å². The number of rotatable bonds is 2. The van der Waals surface area contributed by atoms with Gasteiger partial charge in [-0.05, 0) is 19.1 Å². The molecular formula is C11H12N4S. The Morgan fingerprint density at radius 3 is 2.75 bits per heavy atom. The van der Waals surface area contributed by atoms with Gasteiger partial charge in [0, 0.05) is 11.1 Å². The third-order valence-corrected chi connectivity index (χ3v) is 3.04. The van der Waals surface area contributed by atoms with Crippen LogP contribution >= 0.6 is 11.8 Å². The number of hydrogen-bond donors (Lipinski definition) is 2. The number of anilines is 2. The van der Waals surface area contributed by atoms with Gasteiger partial charge in [-0.15, -0.1) is 0 Å². The lowest BCUT2D eigenvalue weighted by atomic mass is 10.2. The number of nitrogen functional groups attached to an aromatic ring is 2. The van der Waals surface area contributed by atoms with Crippen LogP contribution in [0.25, 0.3) is 0 Å². The maximum Gasteiger partial charge on any atom is 0.221 e. The molecule has 1 aromatic heterocycles. The highest BCUT2D eigenvalue weighted by Gasteiger charge is 2.04. The lowest BCUT2D eigenvalue weighted by Gasteiger charge is -2.05. The monoisotopic (exact) mass is 232 g/mol. The van der Waals surface area contributed by atoms with Crippen LogP contribution in [0.1, 0.15) is 5.56 Å². The number of aromatic nitrogens is 2. The molecule has 1 heterocycles. The van der Waals surface area contributed by atoms with Gasteiger partial charge in [0.1, 0.15) is 5.82 Å². The van der Waals surface area contributed by atoms with Crippen molar-refractivity contribution in [3.05, 3.63) is 36.0 Å². The first-order valence-corrected chi connectivity index (χ1v) is 5.59. The summed E-state index contributed by atoms with van der Waals surface area (Å²) in [5.41, 5.74) is 12.4. The maximum absolute atomic E-state index is 5.76. The van der Waals surface area contributed by atoms with Crippen molar-refractivity contribution in [1.29, 1.82) is 0 Å². The van der Waals surface area contributed by atoms with Crippen LogP contribution in [-0.4, -0.2) is 9.97 Å². The van der Waals surface area contributed by atoms with E-state index in [1.165, 1.54) is 17.3 Å². The van der Waals surface area contributed by atoms with Gasteiger partial charge in [-0.25, -0.2) is 4.98 Å². The fourth-order valence-electron chi connectivity index (χ4n) is 1.28. The molecular weight excluding hydrogens is 220 g/mol. The Morgan fingerprint density at radius 2 is 2.06 bits per heavy atom. The minimum Gasteiger partial charge on any atom is -0.383 e. The average molecular weight is 232 g/mol. The van der Waals surface area contributed by atoms with Gasteiger partial charge in [-0.3, -0.25) is 0 Å². The first-order chi connectivity index (χ1) is 7.65. The second kappa shape index (κ2) is 4.40. The molecule has 16 heavy (non-hydrogen) atoms. The van der Waals surface area contributed by atoms with Crippen molar-refractivity contribution in [3.8, 4) is 0 Å². The van der Waals surface area contributed by atoms with E-state index in [4.69, 9.17) is 11.5 Å². The topological polar surface area (TPSA) is 77.8 Å². The molecule has 1 aromatic carbocycles. The number of nitrogens with zero attached hydrogens (tertiary/aromatic N) is 2. The van der Waals surface area contributed by atoms with Crippen LogP contribution in [0.4, 0.5) is 11.8 Å². The Morgan fingerprint density at radius 1 is 1.25 bits per heavy atom. The molecule has 0 aliphatic carbocycles. The molecule has 0 aliphatic heterocycles. The van der Waals surface area contributed by atoms with Crippen LogP contribution < -0.4 is 11.5 Å². The molecule has 0 saturated heterocycles. The lowest BCUT2D eigenvalue weighted by molar-refractivity contribution is 1.13. The van der Waals surface area contributed by atoms with Crippen molar-refractivity contribution in [3.63, 3.8) is 0 Å². The zero-order chi connectivity index (χ0) is 11.5. The molecule has 4 N–H and O–H groups in total. The maximum atomic E-state index is 5.76. The molecule has 2 aromatic rings. The van der Waals surface area contributed by atoms with E-state index >= 15 is 0 Å². The Hall–Kier alpha value is -1.75. The molecule has 2 rings (SSSR count). The Kier molecular flexibility index (Phi) is 2.96. The van der Waals surface area contributed by atoms with Crippen LogP contribution in [0.3, 0.4) is 0 Å². The van der Waals surface area contributed by atoms with Gasteiger partial charge >= 0.3 is 0 Å². The van der Waals surface area contributed by atoms with Crippen LogP contribution in [0.15, 0.2) is 40.3 Å². The van der Waals surface area contributed by atoms with Crippen molar-refractivity contribution < 1.29 is 0 Å². The third kappa shape index (κ3) is 2.43. The molecule has 0 bridgehead atoms. The minimum atomic E-state index is 0.200. The fourth-order valence-corrected chi connectivity index (χ4v) is 2.18. The second-order valence-electron chi connectivity index (χ2n) is 3.40. The molecule has 0 unspecified atom stereocenters. The highest BCUT2D eigenvalue weighted by atomic mass is 32.2. The van der Waals surface area contributed by atoms with Crippen molar-refractivity contribution in [2.24, 2.45) is 0 Å². The van der Waals surface area contributed by atoms with E-state index in [0.29, 0.717) is 5.82 Å². The summed E-state index contributed by atoms with van der Waals surface area (Å²) in [7, 11) is 0. The molecule has 0 spiro atoms. The van der Waals surface area contributed by atoms with Gasteiger partial charge in [0.15, 0.2) is 0 Å². The SMILES string of the molecule is Cc1cccc(Sc2cnc(N)nc2N)c1. The molecule has 0 fully saturated rings. The third-order valence-electron chi connectivity index (χ3n) is 2.02. The van der Waals surface area contributed by atoms with E-state index in [0.717, 1.165) is 9.79 Å². The van der Waals surface area contributed by atoms with E-state index in [9.17, 15) is 0 Å². The fraction of sp³-hybridized carbons (Fsp3) is 0.0909. The summed E-state index contributed by atoms with van der Waals surface area (Å²) in [4.78, 5) is 9.77. The Balaban J connectivity index is 2.27. The molecule has 0 saturated carbocycles. The van der Waals surface area contributed by atoms with Crippen molar-refractivity contribution in [2.45, 2.75) is 16.7 Å². The minimum absolute atomic E-state index is 0.200. The summed E-state index contributed by atoms with van der Waals surface area (Å²) in [6, 6.07) is 8.16. The number of hydrogen-bond acceptors (Lipinski definition) is 5. The van der Waals surface area contributed by atoms with Gasteiger partial charge in [-0.2, -0.15) is 4.98 Å². The van der Waals surface area contributed by atoms with Gasteiger partial charge < -0.3 is 11.5 Å². The quantitative estimate of drug-likeness (QED) is 0.829. The smallest absolute Gasteiger partial charge is 0.221 e. The zero-order valence-corrected chi connectivity index (χ0v) is 9.66. The van der Waals surface area contributed by atoms with Crippen LogP contribution in [0.2, 0.25) is 0 Å². The van der Waals surface area contributed by atoms with Crippen LogP contribution in [0, 0.1) is 6.92 Å². The number of nitrogens with two attached hydrogens (primary N) is 2. The Labute approximate surface area is 98.1 Å².